The summed E-state index contributed by atoms with van der Waals surface area (Å²) in [7, 11) is 0. The maximum absolute atomic E-state index is 10.1. The number of ether oxygens (including phenoxy) is 3. The monoisotopic (exact) mass is 276 g/mol. The van der Waals surface area contributed by atoms with Crippen molar-refractivity contribution >= 4 is 0 Å². The van der Waals surface area contributed by atoms with Crippen molar-refractivity contribution in [1.29, 1.82) is 0 Å². The van der Waals surface area contributed by atoms with Gasteiger partial charge in [0, 0.05) is 12.0 Å². The van der Waals surface area contributed by atoms with Crippen LogP contribution in [0.4, 0.5) is 0 Å². The molecule has 1 N–H and O–H groups in total. The molecule has 1 aromatic rings. The van der Waals surface area contributed by atoms with E-state index >= 15 is 0 Å². The summed E-state index contributed by atoms with van der Waals surface area (Å²) in [6.07, 6.45) is 0.629. The Balaban J connectivity index is 1.76. The van der Waals surface area contributed by atoms with Crippen molar-refractivity contribution in [2.24, 2.45) is 0 Å². The van der Waals surface area contributed by atoms with Gasteiger partial charge in [0.15, 0.2) is 6.29 Å². The maximum atomic E-state index is 10.1. The molecule has 0 unspecified atom stereocenters. The van der Waals surface area contributed by atoms with Crippen molar-refractivity contribution in [2.45, 2.75) is 43.5 Å². The molecule has 0 amide bonds. The summed E-state index contributed by atoms with van der Waals surface area (Å²) in [6.45, 7) is 6.10. The first kappa shape index (κ1) is 13.8. The molecule has 2 saturated heterocycles. The molecular weight excluding hydrogens is 256 g/mol. The van der Waals surface area contributed by atoms with Gasteiger partial charge >= 0.3 is 0 Å². The Morgan fingerprint density at radius 3 is 2.80 bits per heavy atom. The van der Waals surface area contributed by atoms with Gasteiger partial charge in [0.2, 0.25) is 0 Å². The molecule has 4 heteroatoms. The van der Waals surface area contributed by atoms with Gasteiger partial charge in [-0.3, -0.25) is 0 Å². The number of aliphatic hydroxyl groups excluding tert-OH is 1. The zero-order valence-corrected chi connectivity index (χ0v) is 11.6. The average Bonchev–Trinajstić information content (AvgIpc) is 2.47. The molecule has 4 nitrogen and oxygen atoms in total. The minimum absolute atomic E-state index is 0.187. The molecule has 2 fully saturated rings. The van der Waals surface area contributed by atoms with Crippen molar-refractivity contribution < 1.29 is 19.3 Å². The molecular formula is C16H20O4. The summed E-state index contributed by atoms with van der Waals surface area (Å²) in [4.78, 5) is 0. The van der Waals surface area contributed by atoms with Crippen molar-refractivity contribution in [1.82, 2.24) is 0 Å². The quantitative estimate of drug-likeness (QED) is 0.841. The van der Waals surface area contributed by atoms with Crippen LogP contribution in [-0.4, -0.2) is 35.6 Å². The Morgan fingerprint density at radius 2 is 2.10 bits per heavy atom. The number of rotatable bonds is 2. The predicted molar refractivity (Wildman–Crippen MR) is 74.1 cm³/mol. The largest absolute Gasteiger partial charge is 0.390 e. The number of fused-ring (bicyclic) bond motifs is 1. The minimum atomic E-state index is -0.583. The standard InChI is InChI=1S/C16H20O4/c1-3-13-12(17)9-14-16(2,20-13)10-18-15(19-14)11-7-5-4-6-8-11/h3-8,12-15,17H,1,9-10H2,2H3/t12-,13+,14+,15-,16-/m1/s1. The smallest absolute Gasteiger partial charge is 0.184 e. The van der Waals surface area contributed by atoms with E-state index in [1.807, 2.05) is 37.3 Å². The van der Waals surface area contributed by atoms with Crippen LogP contribution >= 0.6 is 0 Å². The lowest BCUT2D eigenvalue weighted by Crippen LogP contribution is -2.60. The van der Waals surface area contributed by atoms with Crippen LogP contribution in [0.5, 0.6) is 0 Å². The van der Waals surface area contributed by atoms with Gasteiger partial charge in [0.1, 0.15) is 11.7 Å². The second-order valence-corrected chi connectivity index (χ2v) is 5.61. The molecule has 0 aromatic heterocycles. The van der Waals surface area contributed by atoms with Gasteiger partial charge in [0.25, 0.3) is 0 Å². The number of benzene rings is 1. The van der Waals surface area contributed by atoms with E-state index in [2.05, 4.69) is 6.58 Å². The molecule has 0 saturated carbocycles. The second kappa shape index (κ2) is 5.30. The lowest BCUT2D eigenvalue weighted by atomic mass is 9.88. The summed E-state index contributed by atoms with van der Waals surface area (Å²) in [6, 6.07) is 9.81. The molecule has 0 radical (unpaired) electrons. The molecule has 0 spiro atoms. The first-order valence-electron chi connectivity index (χ1n) is 6.93. The van der Waals surface area contributed by atoms with Crippen LogP contribution in [0.25, 0.3) is 0 Å². The second-order valence-electron chi connectivity index (χ2n) is 5.61. The van der Waals surface area contributed by atoms with Gasteiger partial charge in [-0.05, 0) is 6.92 Å². The van der Waals surface area contributed by atoms with Crippen molar-refractivity contribution in [3.05, 3.63) is 48.6 Å². The Kier molecular flexibility index (Phi) is 3.65. The van der Waals surface area contributed by atoms with E-state index in [9.17, 15) is 5.11 Å². The van der Waals surface area contributed by atoms with Crippen LogP contribution in [0.2, 0.25) is 0 Å². The van der Waals surface area contributed by atoms with Gasteiger partial charge in [-0.2, -0.15) is 0 Å². The van der Waals surface area contributed by atoms with Crippen LogP contribution in [-0.2, 0) is 14.2 Å². The molecule has 0 bridgehead atoms. The van der Waals surface area contributed by atoms with Gasteiger partial charge in [0.05, 0.1) is 18.8 Å². The Hall–Kier alpha value is -1.20. The molecule has 5 atom stereocenters. The van der Waals surface area contributed by atoms with E-state index in [0.717, 1.165) is 5.56 Å². The van der Waals surface area contributed by atoms with E-state index in [1.165, 1.54) is 0 Å². The fraction of sp³-hybridized carbons (Fsp3) is 0.500. The third-order valence-electron chi connectivity index (χ3n) is 4.03. The van der Waals surface area contributed by atoms with E-state index < -0.39 is 18.0 Å². The molecule has 0 aliphatic carbocycles. The van der Waals surface area contributed by atoms with Gasteiger partial charge in [-0.15, -0.1) is 6.58 Å². The first-order valence-corrected chi connectivity index (χ1v) is 6.93. The molecule has 1 aromatic carbocycles. The topological polar surface area (TPSA) is 47.9 Å². The lowest BCUT2D eigenvalue weighted by molar-refractivity contribution is -0.332. The highest BCUT2D eigenvalue weighted by molar-refractivity contribution is 5.17. The van der Waals surface area contributed by atoms with Crippen molar-refractivity contribution in [2.75, 3.05) is 6.61 Å². The van der Waals surface area contributed by atoms with Crippen LogP contribution < -0.4 is 0 Å². The predicted octanol–water partition coefficient (Wildman–Crippen LogP) is 2.20. The lowest BCUT2D eigenvalue weighted by Gasteiger charge is -2.49. The van der Waals surface area contributed by atoms with Crippen LogP contribution in [0.3, 0.4) is 0 Å². The fourth-order valence-corrected chi connectivity index (χ4v) is 2.81. The van der Waals surface area contributed by atoms with Gasteiger partial charge in [-0.25, -0.2) is 0 Å². The highest BCUT2D eigenvalue weighted by atomic mass is 16.7. The molecule has 2 aliphatic rings. The Morgan fingerprint density at radius 1 is 1.35 bits per heavy atom. The number of hydrogen-bond acceptors (Lipinski definition) is 4. The normalized spacial score (nSPS) is 40.9. The van der Waals surface area contributed by atoms with Crippen LogP contribution in [0, 0.1) is 0 Å². The maximum Gasteiger partial charge on any atom is 0.184 e. The molecule has 2 heterocycles. The minimum Gasteiger partial charge on any atom is -0.390 e. The molecule has 3 rings (SSSR count). The molecule has 20 heavy (non-hydrogen) atoms. The van der Waals surface area contributed by atoms with E-state index in [-0.39, 0.29) is 12.2 Å². The van der Waals surface area contributed by atoms with Crippen molar-refractivity contribution in [3.8, 4) is 0 Å². The first-order chi connectivity index (χ1) is 9.62. The third kappa shape index (κ3) is 2.40. The summed E-state index contributed by atoms with van der Waals surface area (Å²) in [5.74, 6) is 0. The summed E-state index contributed by atoms with van der Waals surface area (Å²) >= 11 is 0. The summed E-state index contributed by atoms with van der Waals surface area (Å²) in [5, 5.41) is 10.1. The van der Waals surface area contributed by atoms with Crippen LogP contribution in [0.15, 0.2) is 43.0 Å². The molecule has 108 valence electrons. The average molecular weight is 276 g/mol. The van der Waals surface area contributed by atoms with Crippen LogP contribution in [0.1, 0.15) is 25.2 Å². The summed E-state index contributed by atoms with van der Waals surface area (Å²) in [5.41, 5.74) is 0.443. The van der Waals surface area contributed by atoms with E-state index in [0.29, 0.717) is 13.0 Å². The van der Waals surface area contributed by atoms with Gasteiger partial charge < -0.3 is 19.3 Å². The van der Waals surface area contributed by atoms with Gasteiger partial charge in [-0.1, -0.05) is 36.4 Å². The Bertz CT molecular complexity index is 475. The highest BCUT2D eigenvalue weighted by Gasteiger charge is 2.49. The van der Waals surface area contributed by atoms with E-state index in [1.54, 1.807) is 6.08 Å². The zero-order chi connectivity index (χ0) is 14.2. The van der Waals surface area contributed by atoms with E-state index in [4.69, 9.17) is 14.2 Å². The number of hydrogen-bond donors (Lipinski definition) is 1. The zero-order valence-electron chi connectivity index (χ0n) is 11.6. The third-order valence-corrected chi connectivity index (χ3v) is 4.03. The van der Waals surface area contributed by atoms with Crippen molar-refractivity contribution in [3.63, 3.8) is 0 Å². The number of aliphatic hydroxyl groups is 1. The SMILES string of the molecule is C=C[C@@H]1O[C@]2(C)CO[C@@H](c3ccccc3)O[C@H]2C[C@H]1O. The highest BCUT2D eigenvalue weighted by Crippen LogP contribution is 2.40. The Labute approximate surface area is 119 Å². The molecule has 2 aliphatic heterocycles. The fourth-order valence-electron chi connectivity index (χ4n) is 2.81. The summed E-state index contributed by atoms with van der Waals surface area (Å²) < 4.78 is 17.7.